The standard InChI is InChI=1S/C24H31N5O3S/c1-16-12-17(2)14-28(13-16)23-26-27-24(29(23)15-21-6-5-11-32-21)33-18(3)22(30)25-19-7-9-20(31-4)10-8-19/h5-11,16-18H,12-15H2,1-4H3,(H,25,30). The predicted molar refractivity (Wildman–Crippen MR) is 130 cm³/mol. The highest BCUT2D eigenvalue weighted by atomic mass is 32.2. The summed E-state index contributed by atoms with van der Waals surface area (Å²) in [5.74, 6) is 3.48. The summed E-state index contributed by atoms with van der Waals surface area (Å²) in [5.41, 5.74) is 0.724. The molecule has 2 aromatic heterocycles. The van der Waals surface area contributed by atoms with E-state index in [1.807, 2.05) is 43.3 Å². The molecule has 0 saturated carbocycles. The zero-order valence-electron chi connectivity index (χ0n) is 19.5. The van der Waals surface area contributed by atoms with Crippen molar-refractivity contribution in [2.75, 3.05) is 30.4 Å². The second-order valence-corrected chi connectivity index (χ2v) is 10.1. The van der Waals surface area contributed by atoms with Crippen molar-refractivity contribution < 1.29 is 13.9 Å². The van der Waals surface area contributed by atoms with E-state index in [9.17, 15) is 4.79 Å². The van der Waals surface area contributed by atoms with E-state index >= 15 is 0 Å². The quantitative estimate of drug-likeness (QED) is 0.485. The van der Waals surface area contributed by atoms with Gasteiger partial charge in [-0.05, 0) is 61.6 Å². The highest BCUT2D eigenvalue weighted by Crippen LogP contribution is 2.31. The van der Waals surface area contributed by atoms with Gasteiger partial charge < -0.3 is 19.4 Å². The van der Waals surface area contributed by atoms with Crippen LogP contribution >= 0.6 is 11.8 Å². The number of benzene rings is 1. The zero-order chi connectivity index (χ0) is 23.4. The molecule has 9 heteroatoms. The molecular formula is C24H31N5O3S. The molecule has 8 nitrogen and oxygen atoms in total. The van der Waals surface area contributed by atoms with Crippen LogP contribution in [0.3, 0.4) is 0 Å². The van der Waals surface area contributed by atoms with Crippen LogP contribution in [0.4, 0.5) is 11.6 Å². The van der Waals surface area contributed by atoms with Crippen LogP contribution in [0.1, 0.15) is 33.0 Å². The van der Waals surface area contributed by atoms with Gasteiger partial charge in [-0.25, -0.2) is 0 Å². The second kappa shape index (κ2) is 10.3. The maximum Gasteiger partial charge on any atom is 0.237 e. The van der Waals surface area contributed by atoms with Gasteiger partial charge >= 0.3 is 0 Å². The first-order valence-electron chi connectivity index (χ1n) is 11.2. The third kappa shape index (κ3) is 5.71. The molecule has 33 heavy (non-hydrogen) atoms. The van der Waals surface area contributed by atoms with Crippen molar-refractivity contribution in [3.63, 3.8) is 0 Å². The minimum absolute atomic E-state index is 0.0977. The zero-order valence-corrected chi connectivity index (χ0v) is 20.3. The van der Waals surface area contributed by atoms with Crippen molar-refractivity contribution in [1.82, 2.24) is 14.8 Å². The van der Waals surface area contributed by atoms with E-state index in [-0.39, 0.29) is 11.2 Å². The lowest BCUT2D eigenvalue weighted by Gasteiger charge is -2.35. The number of ether oxygens (including phenoxy) is 1. The molecule has 3 aromatic rings. The lowest BCUT2D eigenvalue weighted by atomic mass is 9.92. The lowest BCUT2D eigenvalue weighted by molar-refractivity contribution is -0.115. The van der Waals surface area contributed by atoms with Crippen molar-refractivity contribution in [2.24, 2.45) is 11.8 Å². The highest BCUT2D eigenvalue weighted by Gasteiger charge is 2.28. The van der Waals surface area contributed by atoms with Gasteiger partial charge in [-0.15, -0.1) is 10.2 Å². The molecule has 4 rings (SSSR count). The van der Waals surface area contributed by atoms with Crippen molar-refractivity contribution in [3.05, 3.63) is 48.4 Å². The van der Waals surface area contributed by atoms with E-state index in [2.05, 4.69) is 38.8 Å². The molecule has 176 valence electrons. The van der Waals surface area contributed by atoms with Gasteiger partial charge in [0.25, 0.3) is 0 Å². The highest BCUT2D eigenvalue weighted by molar-refractivity contribution is 8.00. The van der Waals surface area contributed by atoms with Crippen LogP contribution in [0.5, 0.6) is 5.75 Å². The molecule has 1 fully saturated rings. The van der Waals surface area contributed by atoms with Crippen LogP contribution in [0.25, 0.3) is 0 Å². The molecule has 0 bridgehead atoms. The Hall–Kier alpha value is -2.94. The fourth-order valence-electron chi connectivity index (χ4n) is 4.25. The molecule has 3 atom stereocenters. The number of amides is 1. The monoisotopic (exact) mass is 469 g/mol. The number of anilines is 2. The normalized spacial score (nSPS) is 19.3. The van der Waals surface area contributed by atoms with Gasteiger partial charge in [0.15, 0.2) is 5.16 Å². The van der Waals surface area contributed by atoms with Crippen LogP contribution in [0, 0.1) is 11.8 Å². The Labute approximate surface area is 198 Å². The van der Waals surface area contributed by atoms with Crippen molar-refractivity contribution >= 4 is 29.3 Å². The van der Waals surface area contributed by atoms with Gasteiger partial charge in [0.1, 0.15) is 11.5 Å². The summed E-state index contributed by atoms with van der Waals surface area (Å²) in [6.45, 7) is 8.83. The van der Waals surface area contributed by atoms with Crippen LogP contribution in [-0.4, -0.2) is 46.1 Å². The van der Waals surface area contributed by atoms with Gasteiger partial charge in [-0.1, -0.05) is 25.6 Å². The topological polar surface area (TPSA) is 85.4 Å². The molecule has 3 heterocycles. The minimum Gasteiger partial charge on any atom is -0.497 e. The van der Waals surface area contributed by atoms with Gasteiger partial charge in [-0.2, -0.15) is 0 Å². The van der Waals surface area contributed by atoms with Crippen LogP contribution in [0.2, 0.25) is 0 Å². The molecule has 1 N–H and O–H groups in total. The Balaban J connectivity index is 1.52. The maximum absolute atomic E-state index is 12.8. The number of aromatic nitrogens is 3. The van der Waals surface area contributed by atoms with E-state index in [1.165, 1.54) is 18.2 Å². The van der Waals surface area contributed by atoms with Gasteiger partial charge in [-0.3, -0.25) is 9.36 Å². The molecule has 1 aromatic carbocycles. The summed E-state index contributed by atoms with van der Waals surface area (Å²) >= 11 is 1.40. The average molecular weight is 470 g/mol. The van der Waals surface area contributed by atoms with Gasteiger partial charge in [0.2, 0.25) is 11.9 Å². The Morgan fingerprint density at radius 1 is 1.21 bits per heavy atom. The number of piperidine rings is 1. The van der Waals surface area contributed by atoms with E-state index in [1.54, 1.807) is 13.4 Å². The minimum atomic E-state index is -0.362. The van der Waals surface area contributed by atoms with E-state index in [0.717, 1.165) is 36.2 Å². The van der Waals surface area contributed by atoms with E-state index < -0.39 is 0 Å². The molecule has 1 amide bonds. The van der Waals surface area contributed by atoms with Crippen LogP contribution < -0.4 is 15.0 Å². The molecule has 1 saturated heterocycles. The van der Waals surface area contributed by atoms with E-state index in [4.69, 9.17) is 9.15 Å². The first kappa shape index (κ1) is 23.2. The molecular weight excluding hydrogens is 438 g/mol. The molecule has 1 aliphatic heterocycles. The maximum atomic E-state index is 12.8. The number of carbonyl (C=O) groups excluding carboxylic acids is 1. The number of methoxy groups -OCH3 is 1. The number of furan rings is 1. The summed E-state index contributed by atoms with van der Waals surface area (Å²) in [7, 11) is 1.62. The van der Waals surface area contributed by atoms with Gasteiger partial charge in [0, 0.05) is 18.8 Å². The number of nitrogens with zero attached hydrogens (tertiary/aromatic N) is 4. The number of rotatable bonds is 8. The molecule has 0 aliphatic carbocycles. The summed E-state index contributed by atoms with van der Waals surface area (Å²) in [6, 6.07) is 11.1. The van der Waals surface area contributed by atoms with Crippen LogP contribution in [0.15, 0.2) is 52.2 Å². The van der Waals surface area contributed by atoms with Crippen molar-refractivity contribution in [2.45, 2.75) is 44.1 Å². The molecule has 0 radical (unpaired) electrons. The van der Waals surface area contributed by atoms with Crippen LogP contribution in [-0.2, 0) is 11.3 Å². The van der Waals surface area contributed by atoms with Crippen molar-refractivity contribution in [1.29, 1.82) is 0 Å². The predicted octanol–water partition coefficient (Wildman–Crippen LogP) is 4.53. The fraction of sp³-hybridized carbons (Fsp3) is 0.458. The summed E-state index contributed by atoms with van der Waals surface area (Å²) in [5, 5.41) is 12.3. The number of hydrogen-bond donors (Lipinski definition) is 1. The summed E-state index contributed by atoms with van der Waals surface area (Å²) in [4.78, 5) is 15.2. The first-order chi connectivity index (χ1) is 15.9. The smallest absolute Gasteiger partial charge is 0.237 e. The fourth-order valence-corrected chi connectivity index (χ4v) is 5.10. The third-order valence-electron chi connectivity index (χ3n) is 5.75. The summed E-state index contributed by atoms with van der Waals surface area (Å²) in [6.07, 6.45) is 2.88. The molecule has 1 aliphatic rings. The SMILES string of the molecule is COc1ccc(NC(=O)C(C)Sc2nnc(N3CC(C)CC(C)C3)n2Cc2ccco2)cc1. The van der Waals surface area contributed by atoms with Gasteiger partial charge in [0.05, 0.1) is 25.2 Å². The number of hydrogen-bond acceptors (Lipinski definition) is 7. The van der Waals surface area contributed by atoms with Crippen molar-refractivity contribution in [3.8, 4) is 5.75 Å². The molecule has 0 spiro atoms. The Kier molecular flexibility index (Phi) is 7.27. The second-order valence-electron chi connectivity index (χ2n) is 8.78. The first-order valence-corrected chi connectivity index (χ1v) is 12.1. The Morgan fingerprint density at radius 3 is 2.58 bits per heavy atom. The van der Waals surface area contributed by atoms with E-state index in [0.29, 0.717) is 23.5 Å². The lowest BCUT2D eigenvalue weighted by Crippen LogP contribution is -2.40. The molecule has 3 unspecified atom stereocenters. The number of nitrogens with one attached hydrogen (secondary N) is 1. The number of carbonyl (C=O) groups is 1. The summed E-state index contributed by atoms with van der Waals surface area (Å²) < 4.78 is 12.8. The third-order valence-corrected chi connectivity index (χ3v) is 6.83. The Morgan fingerprint density at radius 2 is 1.94 bits per heavy atom. The Bertz CT molecular complexity index is 1040. The number of thioether (sulfide) groups is 1. The largest absolute Gasteiger partial charge is 0.497 e. The average Bonchev–Trinajstić information content (AvgIpc) is 3.44.